The molecule has 0 saturated heterocycles. The van der Waals surface area contributed by atoms with Gasteiger partial charge in [0.25, 0.3) is 0 Å². The normalized spacial score (nSPS) is 10.7. The first-order valence-electron chi connectivity index (χ1n) is 6.85. The lowest BCUT2D eigenvalue weighted by molar-refractivity contribution is 0.284. The lowest BCUT2D eigenvalue weighted by Gasteiger charge is -2.14. The summed E-state index contributed by atoms with van der Waals surface area (Å²) in [7, 11) is 5.35. The third-order valence-electron chi connectivity index (χ3n) is 2.93. The van der Waals surface area contributed by atoms with Crippen LogP contribution in [0.25, 0.3) is 0 Å². The molecule has 0 aliphatic rings. The van der Waals surface area contributed by atoms with E-state index in [1.165, 1.54) is 0 Å². The molecule has 4 nitrogen and oxygen atoms in total. The zero-order chi connectivity index (χ0) is 15.9. The van der Waals surface area contributed by atoms with E-state index in [0.717, 1.165) is 11.1 Å². The van der Waals surface area contributed by atoms with Crippen molar-refractivity contribution in [2.45, 2.75) is 6.61 Å². The van der Waals surface area contributed by atoms with Gasteiger partial charge in [-0.15, -0.1) is 0 Å². The first-order chi connectivity index (χ1) is 10.6. The minimum absolute atomic E-state index is 0.406. The van der Waals surface area contributed by atoms with Crippen molar-refractivity contribution < 1.29 is 9.47 Å². The molecule has 5 heteroatoms. The highest BCUT2D eigenvalue weighted by Gasteiger charge is 2.10. The van der Waals surface area contributed by atoms with Gasteiger partial charge in [0.05, 0.1) is 13.3 Å². The summed E-state index contributed by atoms with van der Waals surface area (Å²) in [5, 5.41) is 6.66. The lowest BCUT2D eigenvalue weighted by Crippen LogP contribution is -2.04. The maximum absolute atomic E-state index is 5.99. The first kappa shape index (κ1) is 16.2. The summed E-state index contributed by atoms with van der Waals surface area (Å²) in [4.78, 5) is 0. The highest BCUT2D eigenvalue weighted by molar-refractivity contribution is 6.30. The summed E-state index contributed by atoms with van der Waals surface area (Å²) in [5.74, 6) is 1.33. The van der Waals surface area contributed by atoms with Gasteiger partial charge in [-0.05, 0) is 29.8 Å². The van der Waals surface area contributed by atoms with Crippen LogP contribution in [0.4, 0.5) is 0 Å². The third kappa shape index (κ3) is 4.40. The van der Waals surface area contributed by atoms with E-state index in [1.807, 2.05) is 56.6 Å². The summed E-state index contributed by atoms with van der Waals surface area (Å²) in [6.45, 7) is 0.406. The average molecular weight is 319 g/mol. The second-order valence-electron chi connectivity index (χ2n) is 4.89. The highest BCUT2D eigenvalue weighted by atomic mass is 35.5. The van der Waals surface area contributed by atoms with Crippen LogP contribution in [0.2, 0.25) is 5.02 Å². The van der Waals surface area contributed by atoms with Crippen molar-refractivity contribution in [3.63, 3.8) is 0 Å². The molecule has 22 heavy (non-hydrogen) atoms. The number of ether oxygens (including phenoxy) is 2. The number of hydrogen-bond acceptors (Lipinski definition) is 4. The molecule has 0 heterocycles. The van der Waals surface area contributed by atoms with Gasteiger partial charge in [-0.1, -0.05) is 29.8 Å². The molecule has 0 amide bonds. The molecule has 2 aromatic carbocycles. The Balaban J connectivity index is 2.24. The molecule has 0 N–H and O–H groups in total. The summed E-state index contributed by atoms with van der Waals surface area (Å²) < 4.78 is 11.3. The molecule has 116 valence electrons. The average Bonchev–Trinajstić information content (AvgIpc) is 2.51. The second kappa shape index (κ2) is 7.71. The Bertz CT molecular complexity index is 657. The van der Waals surface area contributed by atoms with Gasteiger partial charge >= 0.3 is 0 Å². The molecule has 0 aliphatic heterocycles. The molecule has 0 atom stereocenters. The molecule has 0 aromatic heterocycles. The van der Waals surface area contributed by atoms with Crippen LogP contribution in [0.1, 0.15) is 11.1 Å². The number of para-hydroxylation sites is 1. The van der Waals surface area contributed by atoms with Crippen LogP contribution in [0.5, 0.6) is 11.5 Å². The van der Waals surface area contributed by atoms with E-state index >= 15 is 0 Å². The van der Waals surface area contributed by atoms with Crippen LogP contribution >= 0.6 is 11.6 Å². The Morgan fingerprint density at radius 3 is 2.64 bits per heavy atom. The van der Waals surface area contributed by atoms with E-state index < -0.39 is 0 Å². The van der Waals surface area contributed by atoms with Crippen molar-refractivity contribution in [3.8, 4) is 11.5 Å². The molecule has 0 aliphatic carbocycles. The van der Waals surface area contributed by atoms with Crippen molar-refractivity contribution in [3.05, 3.63) is 58.6 Å². The zero-order valence-electron chi connectivity index (χ0n) is 12.9. The van der Waals surface area contributed by atoms with Crippen LogP contribution in [0, 0.1) is 0 Å². The van der Waals surface area contributed by atoms with Crippen molar-refractivity contribution in [2.75, 3.05) is 21.2 Å². The molecular formula is C17H19ClN2O2. The molecule has 2 aromatic rings. The van der Waals surface area contributed by atoms with E-state index in [0.29, 0.717) is 23.1 Å². The number of halogens is 1. The van der Waals surface area contributed by atoms with Gasteiger partial charge < -0.3 is 14.5 Å². The fourth-order valence-corrected chi connectivity index (χ4v) is 2.12. The Kier molecular flexibility index (Phi) is 5.67. The molecule has 0 fully saturated rings. The highest BCUT2D eigenvalue weighted by Crippen LogP contribution is 2.31. The van der Waals surface area contributed by atoms with Crippen molar-refractivity contribution >= 4 is 17.8 Å². The summed E-state index contributed by atoms with van der Waals surface area (Å²) in [6, 6.07) is 13.3. The van der Waals surface area contributed by atoms with Crippen LogP contribution in [-0.2, 0) is 6.61 Å². The predicted molar refractivity (Wildman–Crippen MR) is 90.1 cm³/mol. The molecule has 0 saturated carbocycles. The van der Waals surface area contributed by atoms with Gasteiger partial charge in [0.2, 0.25) is 0 Å². The SMILES string of the molecule is COc1cccc(/C=N/N(C)C)c1OCc1cccc(Cl)c1. The van der Waals surface area contributed by atoms with Crippen molar-refractivity contribution in [1.82, 2.24) is 5.01 Å². The van der Waals surface area contributed by atoms with Gasteiger partial charge in [0.1, 0.15) is 6.61 Å². The lowest BCUT2D eigenvalue weighted by atomic mass is 10.2. The summed E-state index contributed by atoms with van der Waals surface area (Å²) in [6.07, 6.45) is 1.75. The predicted octanol–water partition coefficient (Wildman–Crippen LogP) is 3.82. The monoisotopic (exact) mass is 318 g/mol. The Morgan fingerprint density at radius 1 is 1.18 bits per heavy atom. The van der Waals surface area contributed by atoms with Gasteiger partial charge in [-0.3, -0.25) is 0 Å². The fraction of sp³-hybridized carbons (Fsp3) is 0.235. The standard InChI is InChI=1S/C17H19ClN2O2/c1-20(2)19-11-14-7-5-9-16(21-3)17(14)22-12-13-6-4-8-15(18)10-13/h4-11H,12H2,1-3H3/b19-11+. The number of hydrogen-bond donors (Lipinski definition) is 0. The van der Waals surface area contributed by atoms with Gasteiger partial charge in [-0.2, -0.15) is 5.10 Å². The van der Waals surface area contributed by atoms with E-state index in [9.17, 15) is 0 Å². The van der Waals surface area contributed by atoms with Crippen molar-refractivity contribution in [2.24, 2.45) is 5.10 Å². The summed E-state index contributed by atoms with van der Waals surface area (Å²) >= 11 is 5.99. The molecule has 0 spiro atoms. The maximum atomic E-state index is 5.99. The second-order valence-corrected chi connectivity index (χ2v) is 5.33. The van der Waals surface area contributed by atoms with Crippen molar-refractivity contribution in [1.29, 1.82) is 0 Å². The molecular weight excluding hydrogens is 300 g/mol. The minimum atomic E-state index is 0.406. The smallest absolute Gasteiger partial charge is 0.170 e. The zero-order valence-corrected chi connectivity index (χ0v) is 13.7. The minimum Gasteiger partial charge on any atom is -0.493 e. The van der Waals surface area contributed by atoms with Gasteiger partial charge in [0, 0.05) is 24.7 Å². The van der Waals surface area contributed by atoms with E-state index in [4.69, 9.17) is 21.1 Å². The quantitative estimate of drug-likeness (QED) is 0.600. The summed E-state index contributed by atoms with van der Waals surface area (Å²) in [5.41, 5.74) is 1.85. The topological polar surface area (TPSA) is 34.1 Å². The third-order valence-corrected chi connectivity index (χ3v) is 3.16. The number of nitrogens with zero attached hydrogens (tertiary/aromatic N) is 2. The first-order valence-corrected chi connectivity index (χ1v) is 7.23. The Morgan fingerprint density at radius 2 is 1.95 bits per heavy atom. The van der Waals surface area contributed by atoms with Crippen LogP contribution < -0.4 is 9.47 Å². The molecule has 2 rings (SSSR count). The molecule has 0 unspecified atom stereocenters. The van der Waals surface area contributed by atoms with E-state index in [2.05, 4.69) is 5.10 Å². The van der Waals surface area contributed by atoms with Crippen LogP contribution in [0.3, 0.4) is 0 Å². The van der Waals surface area contributed by atoms with Gasteiger partial charge in [0.15, 0.2) is 11.5 Å². The largest absolute Gasteiger partial charge is 0.493 e. The van der Waals surface area contributed by atoms with E-state index in [-0.39, 0.29) is 0 Å². The van der Waals surface area contributed by atoms with Gasteiger partial charge in [-0.25, -0.2) is 0 Å². The maximum Gasteiger partial charge on any atom is 0.170 e. The van der Waals surface area contributed by atoms with E-state index in [1.54, 1.807) is 18.3 Å². The number of hydrazone groups is 1. The van der Waals surface area contributed by atoms with Crippen LogP contribution in [-0.4, -0.2) is 32.4 Å². The fourth-order valence-electron chi connectivity index (χ4n) is 1.91. The Hall–Kier alpha value is -2.20. The van der Waals surface area contributed by atoms with Crippen LogP contribution in [0.15, 0.2) is 47.6 Å². The number of rotatable bonds is 6. The Labute approximate surface area is 135 Å². The molecule has 0 radical (unpaired) electrons. The molecule has 0 bridgehead atoms. The number of methoxy groups -OCH3 is 1. The number of benzene rings is 2.